The highest BCUT2D eigenvalue weighted by Crippen LogP contribution is 2.35. The number of Topliss-reactive ketones (excluding diaryl/α,β-unsaturated/α-hetero) is 1. The Morgan fingerprint density at radius 2 is 2.13 bits per heavy atom. The van der Waals surface area contributed by atoms with Crippen LogP contribution in [0.1, 0.15) is 62.4 Å². The molecule has 0 amide bonds. The van der Waals surface area contributed by atoms with Gasteiger partial charge in [0.1, 0.15) is 5.78 Å². The third-order valence-electron chi connectivity index (χ3n) is 5.13. The van der Waals surface area contributed by atoms with Gasteiger partial charge in [-0.25, -0.2) is 9.78 Å². The average Bonchev–Trinajstić information content (AvgIpc) is 3.22. The number of hydrogen-bond acceptors (Lipinski definition) is 6. The lowest BCUT2D eigenvalue weighted by molar-refractivity contribution is -0.137. The highest BCUT2D eigenvalue weighted by molar-refractivity contribution is 8.01. The van der Waals surface area contributed by atoms with Crippen LogP contribution in [0.4, 0.5) is 13.2 Å². The molecule has 1 aliphatic rings. The van der Waals surface area contributed by atoms with E-state index in [-0.39, 0.29) is 42.6 Å². The third kappa shape index (κ3) is 8.39. The standard InChI is InChI=1S/C20H26F3NO4S2/c1-19(28,9-3-10-20(21,22)23)8-2-4-13-5-6-16(25)14(13)7-11-29-18-24-15(12-30-18)17(26)27/h2,4,12-14,28H,3,5-11H2,1H3,(H,26,27)/t13-,14?,19-/m0/s1. The van der Waals surface area contributed by atoms with Crippen molar-refractivity contribution in [1.29, 1.82) is 0 Å². The molecule has 5 nitrogen and oxygen atoms in total. The fraction of sp³-hybridized carbons (Fsp3) is 0.650. The molecule has 3 atom stereocenters. The molecule has 1 fully saturated rings. The Morgan fingerprint density at radius 1 is 1.40 bits per heavy atom. The number of carbonyl (C=O) groups excluding carboxylic acids is 1. The number of aliphatic hydroxyl groups is 1. The molecular weight excluding hydrogens is 439 g/mol. The molecule has 0 aliphatic heterocycles. The minimum absolute atomic E-state index is 0.0162. The molecule has 30 heavy (non-hydrogen) atoms. The van der Waals surface area contributed by atoms with E-state index < -0.39 is 24.2 Å². The number of rotatable bonds is 11. The van der Waals surface area contributed by atoms with Crippen molar-refractivity contribution in [1.82, 2.24) is 4.98 Å². The van der Waals surface area contributed by atoms with E-state index in [0.29, 0.717) is 22.9 Å². The largest absolute Gasteiger partial charge is 0.476 e. The van der Waals surface area contributed by atoms with E-state index in [4.69, 9.17) is 5.11 Å². The molecule has 0 bridgehead atoms. The molecule has 168 valence electrons. The van der Waals surface area contributed by atoms with Gasteiger partial charge in [-0.1, -0.05) is 23.9 Å². The topological polar surface area (TPSA) is 87.5 Å². The molecule has 0 radical (unpaired) electrons. The monoisotopic (exact) mass is 465 g/mol. The SMILES string of the molecule is C[C@](O)(CC=C[C@H]1CCC(=O)C1CCSc1nc(C(=O)O)cs1)CCCC(F)(F)F. The van der Waals surface area contributed by atoms with E-state index in [9.17, 15) is 27.9 Å². The van der Waals surface area contributed by atoms with Crippen LogP contribution in [-0.2, 0) is 4.79 Å². The molecular formula is C20H26F3NO4S2. The number of allylic oxidation sites excluding steroid dienone is 1. The van der Waals surface area contributed by atoms with E-state index in [0.717, 1.165) is 6.42 Å². The van der Waals surface area contributed by atoms with Crippen molar-refractivity contribution in [3.63, 3.8) is 0 Å². The lowest BCUT2D eigenvalue weighted by Gasteiger charge is -2.22. The zero-order valence-corrected chi connectivity index (χ0v) is 18.3. The average molecular weight is 466 g/mol. The summed E-state index contributed by atoms with van der Waals surface area (Å²) in [6.45, 7) is 1.53. The molecule has 2 rings (SSSR count). The summed E-state index contributed by atoms with van der Waals surface area (Å²) in [5, 5.41) is 20.7. The summed E-state index contributed by atoms with van der Waals surface area (Å²) < 4.78 is 37.4. The van der Waals surface area contributed by atoms with Crippen LogP contribution < -0.4 is 0 Å². The lowest BCUT2D eigenvalue weighted by Crippen LogP contribution is -2.24. The first kappa shape index (κ1) is 24.9. The first-order chi connectivity index (χ1) is 14.0. The molecule has 0 spiro atoms. The van der Waals surface area contributed by atoms with Gasteiger partial charge in [-0.05, 0) is 44.9 Å². The van der Waals surface area contributed by atoms with Crippen LogP contribution in [0.2, 0.25) is 0 Å². The van der Waals surface area contributed by atoms with Crippen molar-refractivity contribution in [2.24, 2.45) is 11.8 Å². The van der Waals surface area contributed by atoms with Crippen LogP contribution in [0, 0.1) is 11.8 Å². The number of alkyl halides is 3. The number of thioether (sulfide) groups is 1. The minimum Gasteiger partial charge on any atom is -0.476 e. The predicted molar refractivity (Wildman–Crippen MR) is 110 cm³/mol. The fourth-order valence-corrected chi connectivity index (χ4v) is 5.40. The van der Waals surface area contributed by atoms with Gasteiger partial charge in [-0.3, -0.25) is 4.79 Å². The summed E-state index contributed by atoms with van der Waals surface area (Å²) in [5.41, 5.74) is -1.19. The maximum Gasteiger partial charge on any atom is 0.389 e. The molecule has 10 heteroatoms. The number of carboxylic acids is 1. The fourth-order valence-electron chi connectivity index (χ4n) is 3.50. The number of thiazole rings is 1. The number of ketones is 1. The summed E-state index contributed by atoms with van der Waals surface area (Å²) in [5.74, 6) is -0.323. The number of carbonyl (C=O) groups is 2. The molecule has 0 aromatic carbocycles. The van der Waals surface area contributed by atoms with Gasteiger partial charge in [-0.15, -0.1) is 11.3 Å². The van der Waals surface area contributed by atoms with Crippen LogP contribution in [0.5, 0.6) is 0 Å². The number of halogens is 3. The molecule has 1 heterocycles. The van der Waals surface area contributed by atoms with Crippen molar-refractivity contribution in [2.75, 3.05) is 5.75 Å². The lowest BCUT2D eigenvalue weighted by atomic mass is 9.90. The van der Waals surface area contributed by atoms with Crippen molar-refractivity contribution >= 4 is 34.9 Å². The van der Waals surface area contributed by atoms with Crippen molar-refractivity contribution in [3.8, 4) is 0 Å². The highest BCUT2D eigenvalue weighted by atomic mass is 32.2. The van der Waals surface area contributed by atoms with Gasteiger partial charge < -0.3 is 10.2 Å². The van der Waals surface area contributed by atoms with Crippen molar-refractivity contribution in [2.45, 2.75) is 68.0 Å². The van der Waals surface area contributed by atoms with E-state index in [1.807, 2.05) is 6.08 Å². The van der Waals surface area contributed by atoms with Crippen LogP contribution in [-0.4, -0.2) is 44.5 Å². The Labute approximate surface area is 181 Å². The zero-order valence-electron chi connectivity index (χ0n) is 16.7. The molecule has 1 saturated carbocycles. The summed E-state index contributed by atoms with van der Waals surface area (Å²) >= 11 is 2.68. The summed E-state index contributed by atoms with van der Waals surface area (Å²) in [4.78, 5) is 27.1. The summed E-state index contributed by atoms with van der Waals surface area (Å²) in [6.07, 6.45) is 0.608. The van der Waals surface area contributed by atoms with Gasteiger partial charge in [0.05, 0.1) is 5.60 Å². The molecule has 0 saturated heterocycles. The molecule has 2 N–H and O–H groups in total. The van der Waals surface area contributed by atoms with Crippen LogP contribution in [0.15, 0.2) is 21.9 Å². The normalized spacial score (nSPS) is 22.0. The maximum absolute atomic E-state index is 12.3. The Bertz CT molecular complexity index is 761. The van der Waals surface area contributed by atoms with Gasteiger partial charge in [0.15, 0.2) is 10.0 Å². The molecule has 1 unspecified atom stereocenters. The van der Waals surface area contributed by atoms with E-state index in [1.165, 1.54) is 35.4 Å². The number of aromatic carboxylic acids is 1. The Morgan fingerprint density at radius 3 is 2.77 bits per heavy atom. The first-order valence-corrected chi connectivity index (χ1v) is 11.6. The number of carboxylic acid groups (broad SMARTS) is 1. The zero-order chi connectivity index (χ0) is 22.4. The van der Waals surface area contributed by atoms with E-state index >= 15 is 0 Å². The summed E-state index contributed by atoms with van der Waals surface area (Å²) in [7, 11) is 0. The van der Waals surface area contributed by atoms with Crippen LogP contribution >= 0.6 is 23.1 Å². The second-order valence-electron chi connectivity index (χ2n) is 7.81. The smallest absolute Gasteiger partial charge is 0.389 e. The summed E-state index contributed by atoms with van der Waals surface area (Å²) in [6, 6.07) is 0. The van der Waals surface area contributed by atoms with Crippen molar-refractivity contribution < 1.29 is 33.0 Å². The van der Waals surface area contributed by atoms with Gasteiger partial charge in [0.25, 0.3) is 0 Å². The Balaban J connectivity index is 1.79. The Kier molecular flexibility index (Phi) is 8.93. The predicted octanol–water partition coefficient (Wildman–Crippen LogP) is 5.35. The van der Waals surface area contributed by atoms with Crippen molar-refractivity contribution in [3.05, 3.63) is 23.2 Å². The molecule has 1 aromatic rings. The van der Waals surface area contributed by atoms with Gasteiger partial charge >= 0.3 is 12.1 Å². The maximum atomic E-state index is 12.3. The minimum atomic E-state index is -4.21. The van der Waals surface area contributed by atoms with Crippen LogP contribution in [0.3, 0.4) is 0 Å². The van der Waals surface area contributed by atoms with Gasteiger partial charge in [0, 0.05) is 29.9 Å². The van der Waals surface area contributed by atoms with Gasteiger partial charge in [0.2, 0.25) is 0 Å². The molecule has 1 aliphatic carbocycles. The molecule has 1 aromatic heterocycles. The van der Waals surface area contributed by atoms with Gasteiger partial charge in [-0.2, -0.15) is 13.2 Å². The highest BCUT2D eigenvalue weighted by Gasteiger charge is 2.33. The third-order valence-corrected chi connectivity index (χ3v) is 7.18. The number of hydrogen-bond donors (Lipinski definition) is 2. The second kappa shape index (κ2) is 10.8. The second-order valence-corrected chi connectivity index (χ2v) is 10.0. The van der Waals surface area contributed by atoms with E-state index in [1.54, 1.807) is 6.08 Å². The van der Waals surface area contributed by atoms with Crippen LogP contribution in [0.25, 0.3) is 0 Å². The first-order valence-electron chi connectivity index (χ1n) is 9.77. The Hall–Kier alpha value is -1.39. The number of aromatic nitrogens is 1. The van der Waals surface area contributed by atoms with E-state index in [2.05, 4.69) is 4.98 Å². The number of nitrogens with zero attached hydrogens (tertiary/aromatic N) is 1. The quantitative estimate of drug-likeness (QED) is 0.338.